The van der Waals surface area contributed by atoms with Gasteiger partial charge in [-0.25, -0.2) is 4.79 Å². The van der Waals surface area contributed by atoms with Gasteiger partial charge in [0.1, 0.15) is 6.61 Å². The van der Waals surface area contributed by atoms with Crippen LogP contribution in [0.2, 0.25) is 0 Å². The molecule has 0 fully saturated rings. The van der Waals surface area contributed by atoms with Gasteiger partial charge >= 0.3 is 6.09 Å². The second-order valence-corrected chi connectivity index (χ2v) is 6.59. The highest BCUT2D eigenvalue weighted by Crippen LogP contribution is 2.08. The predicted octanol–water partition coefficient (Wildman–Crippen LogP) is 4.81. The Morgan fingerprint density at radius 1 is 0.793 bits per heavy atom. The van der Waals surface area contributed by atoms with E-state index in [-0.39, 0.29) is 12.4 Å². The number of nitrogens with one attached hydrogen (secondary N) is 1. The molecule has 4 nitrogen and oxygen atoms in total. The van der Waals surface area contributed by atoms with Gasteiger partial charge in [0.05, 0.1) is 6.04 Å². The van der Waals surface area contributed by atoms with Gasteiger partial charge in [0.25, 0.3) is 0 Å². The Bertz CT molecular complexity index is 938. The lowest BCUT2D eigenvalue weighted by Gasteiger charge is -2.16. The molecule has 0 radical (unpaired) electrons. The largest absolute Gasteiger partial charge is 0.445 e. The van der Waals surface area contributed by atoms with E-state index in [0.29, 0.717) is 6.42 Å². The number of alkyl carbamates (subject to hydrolysis) is 1. The van der Waals surface area contributed by atoms with Gasteiger partial charge in [0, 0.05) is 6.42 Å². The summed E-state index contributed by atoms with van der Waals surface area (Å²) in [5.74, 6) is -0.186. The van der Waals surface area contributed by atoms with Crippen LogP contribution in [0.15, 0.2) is 97.1 Å². The van der Waals surface area contributed by atoms with Crippen LogP contribution in [0.1, 0.15) is 16.7 Å². The minimum Gasteiger partial charge on any atom is -0.445 e. The topological polar surface area (TPSA) is 55.4 Å². The first-order valence-corrected chi connectivity index (χ1v) is 9.49. The molecule has 1 N–H and O–H groups in total. The van der Waals surface area contributed by atoms with Crippen LogP contribution in [0.5, 0.6) is 0 Å². The first kappa shape index (κ1) is 20.1. The first-order valence-electron chi connectivity index (χ1n) is 9.49. The van der Waals surface area contributed by atoms with Crippen LogP contribution in [0.4, 0.5) is 4.79 Å². The van der Waals surface area contributed by atoms with E-state index < -0.39 is 12.1 Å². The van der Waals surface area contributed by atoms with Gasteiger partial charge in [-0.05, 0) is 22.8 Å². The van der Waals surface area contributed by atoms with Crippen LogP contribution in [0.25, 0.3) is 6.08 Å². The highest BCUT2D eigenvalue weighted by atomic mass is 16.5. The van der Waals surface area contributed by atoms with Crippen molar-refractivity contribution in [3.63, 3.8) is 0 Å². The smallest absolute Gasteiger partial charge is 0.408 e. The summed E-state index contributed by atoms with van der Waals surface area (Å²) in [6.07, 6.45) is 3.02. The molecule has 3 aromatic rings. The molecular weight excluding hydrogens is 362 g/mol. The maximum atomic E-state index is 12.8. The molecule has 0 spiro atoms. The summed E-state index contributed by atoms with van der Waals surface area (Å²) in [5.41, 5.74) is 2.77. The molecule has 4 heteroatoms. The fraction of sp³-hybridized carbons (Fsp3) is 0.120. The number of ether oxygens (including phenoxy) is 1. The summed E-state index contributed by atoms with van der Waals surface area (Å²) in [5, 5.41) is 2.71. The summed E-state index contributed by atoms with van der Waals surface area (Å²) in [7, 11) is 0. The third-order valence-electron chi connectivity index (χ3n) is 4.37. The van der Waals surface area contributed by atoms with E-state index in [1.165, 1.54) is 6.08 Å². The average molecular weight is 385 g/mol. The number of carbonyl (C=O) groups excluding carboxylic acids is 2. The minimum atomic E-state index is -0.708. The van der Waals surface area contributed by atoms with Gasteiger partial charge in [-0.1, -0.05) is 97.1 Å². The van der Waals surface area contributed by atoms with E-state index >= 15 is 0 Å². The maximum Gasteiger partial charge on any atom is 0.408 e. The fourth-order valence-corrected chi connectivity index (χ4v) is 2.84. The second-order valence-electron chi connectivity index (χ2n) is 6.59. The second kappa shape index (κ2) is 10.6. The quantitative estimate of drug-likeness (QED) is 0.566. The molecule has 29 heavy (non-hydrogen) atoms. The molecule has 0 saturated carbocycles. The van der Waals surface area contributed by atoms with E-state index in [1.807, 2.05) is 91.0 Å². The summed E-state index contributed by atoms with van der Waals surface area (Å²) >= 11 is 0. The van der Waals surface area contributed by atoms with Crippen molar-refractivity contribution in [2.24, 2.45) is 0 Å². The van der Waals surface area contributed by atoms with Gasteiger partial charge in [0.2, 0.25) is 0 Å². The molecule has 0 unspecified atom stereocenters. The molecule has 3 aromatic carbocycles. The number of ketones is 1. The van der Waals surface area contributed by atoms with E-state index in [4.69, 9.17) is 4.74 Å². The number of carbonyl (C=O) groups is 2. The third kappa shape index (κ3) is 6.78. The third-order valence-corrected chi connectivity index (χ3v) is 4.37. The molecule has 146 valence electrons. The van der Waals surface area contributed by atoms with E-state index in [2.05, 4.69) is 5.32 Å². The van der Waals surface area contributed by atoms with Gasteiger partial charge in [-0.15, -0.1) is 0 Å². The van der Waals surface area contributed by atoms with E-state index in [1.54, 1.807) is 6.08 Å². The van der Waals surface area contributed by atoms with Gasteiger partial charge in [0.15, 0.2) is 5.78 Å². The normalized spacial score (nSPS) is 11.7. The lowest BCUT2D eigenvalue weighted by molar-refractivity contribution is -0.116. The van der Waals surface area contributed by atoms with Crippen molar-refractivity contribution in [2.75, 3.05) is 0 Å². The zero-order valence-electron chi connectivity index (χ0n) is 16.0. The minimum absolute atomic E-state index is 0.152. The Kier molecular flexibility index (Phi) is 7.35. The summed E-state index contributed by atoms with van der Waals surface area (Å²) < 4.78 is 5.28. The Morgan fingerprint density at radius 3 is 1.97 bits per heavy atom. The number of benzene rings is 3. The Hall–Kier alpha value is -3.66. The average Bonchev–Trinajstić information content (AvgIpc) is 2.78. The lowest BCUT2D eigenvalue weighted by atomic mass is 10.0. The zero-order valence-corrected chi connectivity index (χ0v) is 16.0. The van der Waals surface area contributed by atoms with Crippen LogP contribution in [0, 0.1) is 0 Å². The maximum absolute atomic E-state index is 12.8. The standard InChI is InChI=1S/C25H23NO3/c27-24(17-16-20-10-4-1-5-11-20)23(18-21-12-6-2-7-13-21)26-25(28)29-19-22-14-8-3-9-15-22/h1-17,23H,18-19H2,(H,26,28)/b17-16+/t23-/m1/s1. The van der Waals surface area contributed by atoms with E-state index in [9.17, 15) is 9.59 Å². The zero-order chi connectivity index (χ0) is 20.3. The van der Waals surface area contributed by atoms with Crippen LogP contribution < -0.4 is 5.32 Å². The van der Waals surface area contributed by atoms with Crippen LogP contribution in [-0.4, -0.2) is 17.9 Å². The molecule has 0 aliphatic rings. The molecule has 0 saturated heterocycles. The molecule has 0 heterocycles. The fourth-order valence-electron chi connectivity index (χ4n) is 2.84. The summed E-state index contributed by atoms with van der Waals surface area (Å²) in [6.45, 7) is 0.152. The molecule has 0 aromatic heterocycles. The van der Waals surface area contributed by atoms with Crippen molar-refractivity contribution in [1.29, 1.82) is 0 Å². The molecule has 1 atom stereocenters. The van der Waals surface area contributed by atoms with Crippen molar-refractivity contribution >= 4 is 18.0 Å². The van der Waals surface area contributed by atoms with Crippen LogP contribution in [-0.2, 0) is 22.6 Å². The first-order chi connectivity index (χ1) is 14.2. The number of hydrogen-bond acceptors (Lipinski definition) is 3. The highest BCUT2D eigenvalue weighted by Gasteiger charge is 2.20. The van der Waals surface area contributed by atoms with Gasteiger partial charge < -0.3 is 10.1 Å². The molecule has 3 rings (SSSR count). The molecule has 0 aliphatic heterocycles. The highest BCUT2D eigenvalue weighted by molar-refractivity contribution is 5.99. The molecule has 0 bridgehead atoms. The van der Waals surface area contributed by atoms with Crippen molar-refractivity contribution in [1.82, 2.24) is 5.32 Å². The van der Waals surface area contributed by atoms with Gasteiger partial charge in [-0.2, -0.15) is 0 Å². The summed E-state index contributed by atoms with van der Waals surface area (Å²) in [4.78, 5) is 25.1. The predicted molar refractivity (Wildman–Crippen MR) is 114 cm³/mol. The summed E-state index contributed by atoms with van der Waals surface area (Å²) in [6, 6.07) is 27.9. The van der Waals surface area contributed by atoms with E-state index in [0.717, 1.165) is 16.7 Å². The van der Waals surface area contributed by atoms with Crippen LogP contribution in [0.3, 0.4) is 0 Å². The number of amides is 1. The number of hydrogen-bond donors (Lipinski definition) is 1. The van der Waals surface area contributed by atoms with Crippen molar-refractivity contribution in [2.45, 2.75) is 19.1 Å². The number of rotatable bonds is 8. The molecule has 1 amide bonds. The van der Waals surface area contributed by atoms with Crippen molar-refractivity contribution in [3.05, 3.63) is 114 Å². The lowest BCUT2D eigenvalue weighted by Crippen LogP contribution is -2.42. The van der Waals surface area contributed by atoms with Gasteiger partial charge in [-0.3, -0.25) is 4.79 Å². The van der Waals surface area contributed by atoms with Crippen molar-refractivity contribution in [3.8, 4) is 0 Å². The SMILES string of the molecule is O=C(N[C@H](Cc1ccccc1)C(=O)/C=C/c1ccccc1)OCc1ccccc1. The monoisotopic (exact) mass is 385 g/mol. The Labute approximate surface area is 170 Å². The molecule has 0 aliphatic carbocycles. The Morgan fingerprint density at radius 2 is 1.34 bits per heavy atom. The van der Waals surface area contributed by atoms with Crippen molar-refractivity contribution < 1.29 is 14.3 Å². The molecular formula is C25H23NO3. The Balaban J connectivity index is 1.66. The van der Waals surface area contributed by atoms with Crippen LogP contribution >= 0.6 is 0 Å².